The number of benzene rings is 1. The summed E-state index contributed by atoms with van der Waals surface area (Å²) in [7, 11) is 0. The minimum atomic E-state index is 0.114. The van der Waals surface area contributed by atoms with Crippen molar-refractivity contribution in [2.45, 2.75) is 58.7 Å². The first-order valence-electron chi connectivity index (χ1n) is 9.59. The summed E-state index contributed by atoms with van der Waals surface area (Å²) in [6.45, 7) is 9.56. The van der Waals surface area contributed by atoms with Crippen LogP contribution in [0.25, 0.3) is 0 Å². The number of pyridine rings is 1. The minimum absolute atomic E-state index is 0.114. The molecule has 0 N–H and O–H groups in total. The number of carbonyl (C=O) groups is 1. The summed E-state index contributed by atoms with van der Waals surface area (Å²) in [5.74, 6) is 1.11. The van der Waals surface area contributed by atoms with Gasteiger partial charge >= 0.3 is 0 Å². The van der Waals surface area contributed by atoms with Gasteiger partial charge in [-0.3, -0.25) is 4.79 Å². The third-order valence-electron chi connectivity index (χ3n) is 5.07. The third-order valence-corrected chi connectivity index (χ3v) is 5.07. The highest BCUT2D eigenvalue weighted by atomic mass is 16.2. The van der Waals surface area contributed by atoms with Crippen molar-refractivity contribution in [2.75, 3.05) is 11.4 Å². The van der Waals surface area contributed by atoms with Crippen LogP contribution < -0.4 is 4.90 Å². The molecular weight excluding hydrogens is 322 g/mol. The van der Waals surface area contributed by atoms with Crippen molar-refractivity contribution in [3.05, 3.63) is 59.8 Å². The number of anilines is 1. The molecule has 0 spiro atoms. The summed E-state index contributed by atoms with van der Waals surface area (Å²) in [4.78, 5) is 21.9. The Kier molecular flexibility index (Phi) is 5.60. The number of likely N-dealkylation sites (tertiary alicyclic amines) is 1. The second-order valence-electron chi connectivity index (χ2n) is 7.57. The molecule has 138 valence electrons. The van der Waals surface area contributed by atoms with Gasteiger partial charge in [-0.25, -0.2) is 4.98 Å². The molecule has 26 heavy (non-hydrogen) atoms. The molecule has 1 aliphatic heterocycles. The summed E-state index contributed by atoms with van der Waals surface area (Å²) in [5.41, 5.74) is 1.89. The highest BCUT2D eigenvalue weighted by Crippen LogP contribution is 2.33. The second-order valence-corrected chi connectivity index (χ2v) is 7.57. The van der Waals surface area contributed by atoms with Crippen molar-refractivity contribution < 1.29 is 4.79 Å². The van der Waals surface area contributed by atoms with Gasteiger partial charge in [0.15, 0.2) is 0 Å². The molecule has 3 rings (SSSR count). The van der Waals surface area contributed by atoms with Crippen LogP contribution in [0.15, 0.2) is 48.7 Å². The van der Waals surface area contributed by atoms with Gasteiger partial charge < -0.3 is 9.80 Å². The second kappa shape index (κ2) is 7.90. The fourth-order valence-electron chi connectivity index (χ4n) is 3.98. The number of hydrogen-bond acceptors (Lipinski definition) is 3. The number of aromatic nitrogens is 1. The first-order chi connectivity index (χ1) is 12.5. The maximum atomic E-state index is 12.9. The Morgan fingerprint density at radius 2 is 1.77 bits per heavy atom. The summed E-state index contributed by atoms with van der Waals surface area (Å²) in [6.07, 6.45) is 3.99. The van der Waals surface area contributed by atoms with Gasteiger partial charge in [-0.1, -0.05) is 24.3 Å². The molecule has 2 aromatic rings. The zero-order valence-corrected chi connectivity index (χ0v) is 16.2. The molecule has 4 heteroatoms. The lowest BCUT2D eigenvalue weighted by Gasteiger charge is -2.32. The lowest BCUT2D eigenvalue weighted by atomic mass is 10.1. The fourth-order valence-corrected chi connectivity index (χ4v) is 3.98. The first-order valence-corrected chi connectivity index (χ1v) is 9.59. The van der Waals surface area contributed by atoms with E-state index in [4.69, 9.17) is 4.98 Å². The number of hydrogen-bond donors (Lipinski definition) is 0. The summed E-state index contributed by atoms with van der Waals surface area (Å²) >= 11 is 0. The molecular formula is C22H29N3O. The van der Waals surface area contributed by atoms with Crippen LogP contribution in [0.3, 0.4) is 0 Å². The van der Waals surface area contributed by atoms with Crippen molar-refractivity contribution in [1.82, 2.24) is 9.88 Å². The zero-order chi connectivity index (χ0) is 18.7. The third kappa shape index (κ3) is 3.74. The van der Waals surface area contributed by atoms with E-state index < -0.39 is 0 Å². The Labute approximate surface area is 156 Å². The minimum Gasteiger partial charge on any atom is -0.352 e. The summed E-state index contributed by atoms with van der Waals surface area (Å²) < 4.78 is 0. The average Bonchev–Trinajstić information content (AvgIpc) is 3.11. The SMILES string of the molecule is CC(C)N(c1ccc(C2CCCN2C(=O)c2ccccc2)cn1)C(C)C. The van der Waals surface area contributed by atoms with E-state index in [1.807, 2.05) is 41.4 Å². The van der Waals surface area contributed by atoms with Crippen molar-refractivity contribution in [3.63, 3.8) is 0 Å². The molecule has 1 fully saturated rings. The van der Waals surface area contributed by atoms with E-state index in [1.54, 1.807) is 0 Å². The molecule has 1 amide bonds. The number of rotatable bonds is 5. The normalized spacial score (nSPS) is 17.2. The van der Waals surface area contributed by atoms with Crippen LogP contribution in [0, 0.1) is 0 Å². The van der Waals surface area contributed by atoms with Gasteiger partial charge in [-0.05, 0) is 64.3 Å². The summed E-state index contributed by atoms with van der Waals surface area (Å²) in [5, 5.41) is 0. The van der Waals surface area contributed by atoms with E-state index in [1.165, 1.54) is 0 Å². The average molecular weight is 351 g/mol. The summed E-state index contributed by atoms with van der Waals surface area (Å²) in [6, 6.07) is 14.7. The maximum Gasteiger partial charge on any atom is 0.254 e. The van der Waals surface area contributed by atoms with Gasteiger partial charge in [-0.15, -0.1) is 0 Å². The standard InChI is InChI=1S/C22H29N3O/c1-16(2)25(17(3)4)21-13-12-19(15-23-21)20-11-8-14-24(20)22(26)18-9-6-5-7-10-18/h5-7,9-10,12-13,15-17,20H,8,11,14H2,1-4H3. The highest BCUT2D eigenvalue weighted by molar-refractivity contribution is 5.94. The van der Waals surface area contributed by atoms with E-state index in [9.17, 15) is 4.79 Å². The van der Waals surface area contributed by atoms with Crippen LogP contribution in [0.2, 0.25) is 0 Å². The van der Waals surface area contributed by atoms with Crippen LogP contribution in [-0.4, -0.2) is 34.4 Å². The number of carbonyl (C=O) groups excluding carboxylic acids is 1. The Hall–Kier alpha value is -2.36. The van der Waals surface area contributed by atoms with Crippen molar-refractivity contribution in [3.8, 4) is 0 Å². The largest absolute Gasteiger partial charge is 0.352 e. The van der Waals surface area contributed by atoms with Crippen LogP contribution in [0.5, 0.6) is 0 Å². The van der Waals surface area contributed by atoms with Crippen LogP contribution >= 0.6 is 0 Å². The van der Waals surface area contributed by atoms with Crippen LogP contribution in [-0.2, 0) is 0 Å². The predicted molar refractivity (Wildman–Crippen MR) is 106 cm³/mol. The smallest absolute Gasteiger partial charge is 0.254 e. The van der Waals surface area contributed by atoms with Gasteiger partial charge in [0.05, 0.1) is 6.04 Å². The van der Waals surface area contributed by atoms with Gasteiger partial charge in [0.1, 0.15) is 5.82 Å². The highest BCUT2D eigenvalue weighted by Gasteiger charge is 2.31. The Morgan fingerprint density at radius 3 is 2.35 bits per heavy atom. The lowest BCUT2D eigenvalue weighted by Crippen LogP contribution is -2.37. The molecule has 0 saturated carbocycles. The van der Waals surface area contributed by atoms with Gasteiger partial charge in [0, 0.05) is 30.4 Å². The topological polar surface area (TPSA) is 36.4 Å². The van der Waals surface area contributed by atoms with E-state index >= 15 is 0 Å². The van der Waals surface area contributed by atoms with E-state index in [2.05, 4.69) is 44.7 Å². The van der Waals surface area contributed by atoms with Crippen LogP contribution in [0.4, 0.5) is 5.82 Å². The predicted octanol–water partition coefficient (Wildman–Crippen LogP) is 4.68. The fraction of sp³-hybridized carbons (Fsp3) is 0.455. The molecule has 4 nitrogen and oxygen atoms in total. The van der Waals surface area contributed by atoms with Crippen LogP contribution in [0.1, 0.15) is 62.5 Å². The van der Waals surface area contributed by atoms with Crippen molar-refractivity contribution in [1.29, 1.82) is 0 Å². The van der Waals surface area contributed by atoms with Crippen molar-refractivity contribution >= 4 is 11.7 Å². The Balaban J connectivity index is 1.81. The lowest BCUT2D eigenvalue weighted by molar-refractivity contribution is 0.0735. The first kappa shape index (κ1) is 18.4. The monoisotopic (exact) mass is 351 g/mol. The number of nitrogens with zero attached hydrogens (tertiary/aromatic N) is 3. The molecule has 0 aliphatic carbocycles. The molecule has 1 saturated heterocycles. The molecule has 0 radical (unpaired) electrons. The molecule has 1 atom stereocenters. The van der Waals surface area contributed by atoms with Gasteiger partial charge in [0.25, 0.3) is 5.91 Å². The van der Waals surface area contributed by atoms with Gasteiger partial charge in [-0.2, -0.15) is 0 Å². The quantitative estimate of drug-likeness (QED) is 0.784. The van der Waals surface area contributed by atoms with Crippen molar-refractivity contribution in [2.24, 2.45) is 0 Å². The van der Waals surface area contributed by atoms with E-state index in [0.29, 0.717) is 12.1 Å². The maximum absolute atomic E-state index is 12.9. The van der Waals surface area contributed by atoms with Gasteiger partial charge in [0.2, 0.25) is 0 Å². The number of amides is 1. The molecule has 1 unspecified atom stereocenters. The van der Waals surface area contributed by atoms with E-state index in [0.717, 1.165) is 36.3 Å². The molecule has 0 bridgehead atoms. The molecule has 1 aliphatic rings. The molecule has 2 heterocycles. The molecule has 1 aromatic heterocycles. The Morgan fingerprint density at radius 1 is 1.08 bits per heavy atom. The zero-order valence-electron chi connectivity index (χ0n) is 16.2. The molecule has 1 aromatic carbocycles. The Bertz CT molecular complexity index is 717. The van der Waals surface area contributed by atoms with E-state index in [-0.39, 0.29) is 11.9 Å².